The Balaban J connectivity index is 1.95. The highest BCUT2D eigenvalue weighted by atomic mass is 32.2. The zero-order valence-electron chi connectivity index (χ0n) is 11.9. The monoisotopic (exact) mass is 300 g/mol. The summed E-state index contributed by atoms with van der Waals surface area (Å²) in [5.41, 5.74) is 1.48. The van der Waals surface area contributed by atoms with Crippen LogP contribution in [0.3, 0.4) is 0 Å². The number of anilines is 1. The fraction of sp³-hybridized carbons (Fsp3) is 0.571. The second-order valence-electron chi connectivity index (χ2n) is 5.49. The molecule has 4 nitrogen and oxygen atoms in total. The van der Waals surface area contributed by atoms with Crippen LogP contribution in [0.15, 0.2) is 18.2 Å². The van der Waals surface area contributed by atoms with Gasteiger partial charge in [0.15, 0.2) is 0 Å². The lowest BCUT2D eigenvalue weighted by molar-refractivity contribution is 0.276. The minimum absolute atomic E-state index is 0.221. The quantitative estimate of drug-likeness (QED) is 0.927. The molecule has 0 aliphatic carbocycles. The third kappa shape index (κ3) is 3.93. The minimum atomic E-state index is -3.13. The minimum Gasteiger partial charge on any atom is -0.382 e. The summed E-state index contributed by atoms with van der Waals surface area (Å²) in [6.45, 7) is 3.61. The number of piperidine rings is 1. The summed E-state index contributed by atoms with van der Waals surface area (Å²) in [6.07, 6.45) is 3.06. The number of halogens is 1. The van der Waals surface area contributed by atoms with Crippen molar-refractivity contribution in [2.45, 2.75) is 19.8 Å². The number of sulfonamides is 1. The summed E-state index contributed by atoms with van der Waals surface area (Å²) in [7, 11) is -3.13. The highest BCUT2D eigenvalue weighted by Crippen LogP contribution is 2.21. The molecule has 1 aromatic rings. The molecule has 1 fully saturated rings. The molecule has 0 saturated carbocycles. The Labute approximate surface area is 120 Å². The van der Waals surface area contributed by atoms with E-state index >= 15 is 0 Å². The lowest BCUT2D eigenvalue weighted by Gasteiger charge is -2.31. The van der Waals surface area contributed by atoms with Gasteiger partial charge < -0.3 is 5.32 Å². The SMILES string of the molecule is Cc1ccc(F)c(NCC2CCCN(S(C)(=O)=O)C2)c1. The summed E-state index contributed by atoms with van der Waals surface area (Å²) in [5.74, 6) is -0.0511. The van der Waals surface area contributed by atoms with E-state index in [1.54, 1.807) is 12.1 Å². The van der Waals surface area contributed by atoms with E-state index in [2.05, 4.69) is 5.32 Å². The summed E-state index contributed by atoms with van der Waals surface area (Å²) in [5, 5.41) is 3.10. The molecular weight excluding hydrogens is 279 g/mol. The van der Waals surface area contributed by atoms with Crippen molar-refractivity contribution in [3.8, 4) is 0 Å². The van der Waals surface area contributed by atoms with Gasteiger partial charge in [0.2, 0.25) is 10.0 Å². The molecule has 20 heavy (non-hydrogen) atoms. The average molecular weight is 300 g/mol. The first-order valence-corrected chi connectivity index (χ1v) is 8.66. The van der Waals surface area contributed by atoms with Gasteiger partial charge in [-0.15, -0.1) is 0 Å². The van der Waals surface area contributed by atoms with E-state index < -0.39 is 10.0 Å². The molecule has 1 N–H and O–H groups in total. The summed E-state index contributed by atoms with van der Waals surface area (Å²) >= 11 is 0. The first-order valence-electron chi connectivity index (χ1n) is 6.81. The lowest BCUT2D eigenvalue weighted by Crippen LogP contribution is -2.41. The first kappa shape index (κ1) is 15.3. The van der Waals surface area contributed by atoms with Gasteiger partial charge in [-0.25, -0.2) is 17.1 Å². The van der Waals surface area contributed by atoms with Gasteiger partial charge in [-0.2, -0.15) is 0 Å². The molecule has 112 valence electrons. The van der Waals surface area contributed by atoms with Gasteiger partial charge in [-0.05, 0) is 43.4 Å². The Hall–Kier alpha value is -1.14. The van der Waals surface area contributed by atoms with E-state index in [0.717, 1.165) is 18.4 Å². The molecule has 1 aliphatic heterocycles. The second kappa shape index (κ2) is 6.10. The van der Waals surface area contributed by atoms with Crippen LogP contribution in [0.4, 0.5) is 10.1 Å². The molecule has 6 heteroatoms. The van der Waals surface area contributed by atoms with Gasteiger partial charge in [0.1, 0.15) is 5.82 Å². The fourth-order valence-electron chi connectivity index (χ4n) is 2.52. The third-order valence-corrected chi connectivity index (χ3v) is 4.92. The molecule has 0 bridgehead atoms. The van der Waals surface area contributed by atoms with Crippen LogP contribution in [0, 0.1) is 18.7 Å². The summed E-state index contributed by atoms with van der Waals surface area (Å²) in [6, 6.07) is 4.94. The maximum atomic E-state index is 13.6. The Morgan fingerprint density at radius 1 is 1.45 bits per heavy atom. The maximum Gasteiger partial charge on any atom is 0.211 e. The number of hydrogen-bond acceptors (Lipinski definition) is 3. The van der Waals surface area contributed by atoms with Crippen LogP contribution in [-0.4, -0.2) is 38.6 Å². The summed E-state index contributed by atoms with van der Waals surface area (Å²) < 4.78 is 38.2. The highest BCUT2D eigenvalue weighted by molar-refractivity contribution is 7.88. The standard InChI is InChI=1S/C14H21FN2O2S/c1-11-5-6-13(15)14(8-11)16-9-12-4-3-7-17(10-12)20(2,18)19/h5-6,8,12,16H,3-4,7,9-10H2,1-2H3. The van der Waals surface area contributed by atoms with E-state index in [1.165, 1.54) is 16.6 Å². The molecule has 0 spiro atoms. The molecule has 1 saturated heterocycles. The van der Waals surface area contributed by atoms with Crippen LogP contribution in [0.1, 0.15) is 18.4 Å². The number of nitrogens with one attached hydrogen (secondary N) is 1. The maximum absolute atomic E-state index is 13.6. The topological polar surface area (TPSA) is 49.4 Å². The van der Waals surface area contributed by atoms with Crippen molar-refractivity contribution in [1.82, 2.24) is 4.31 Å². The van der Waals surface area contributed by atoms with Crippen LogP contribution >= 0.6 is 0 Å². The highest BCUT2D eigenvalue weighted by Gasteiger charge is 2.25. The molecule has 1 aliphatic rings. The first-order chi connectivity index (χ1) is 9.36. The predicted molar refractivity (Wildman–Crippen MR) is 78.8 cm³/mol. The molecule has 0 radical (unpaired) electrons. The zero-order valence-corrected chi connectivity index (χ0v) is 12.7. The predicted octanol–water partition coefficient (Wildman–Crippen LogP) is 2.22. The van der Waals surface area contributed by atoms with Crippen LogP contribution in [0.5, 0.6) is 0 Å². The van der Waals surface area contributed by atoms with Gasteiger partial charge in [0, 0.05) is 19.6 Å². The van der Waals surface area contributed by atoms with Crippen LogP contribution < -0.4 is 5.32 Å². The zero-order chi connectivity index (χ0) is 14.8. The van der Waals surface area contributed by atoms with E-state index in [1.807, 2.05) is 6.92 Å². The fourth-order valence-corrected chi connectivity index (χ4v) is 3.47. The number of aryl methyl sites for hydroxylation is 1. The normalized spacial score (nSPS) is 20.9. The van der Waals surface area contributed by atoms with E-state index in [9.17, 15) is 12.8 Å². The van der Waals surface area contributed by atoms with Crippen molar-refractivity contribution in [3.63, 3.8) is 0 Å². The molecule has 1 atom stereocenters. The van der Waals surface area contributed by atoms with Crippen molar-refractivity contribution in [1.29, 1.82) is 0 Å². The van der Waals surface area contributed by atoms with Gasteiger partial charge in [0.05, 0.1) is 11.9 Å². The smallest absolute Gasteiger partial charge is 0.211 e. The van der Waals surface area contributed by atoms with Crippen LogP contribution in [0.25, 0.3) is 0 Å². The molecule has 2 rings (SSSR count). The molecule has 1 unspecified atom stereocenters. The van der Waals surface area contributed by atoms with E-state index in [-0.39, 0.29) is 11.7 Å². The van der Waals surface area contributed by atoms with Crippen LogP contribution in [-0.2, 0) is 10.0 Å². The number of nitrogens with zero attached hydrogens (tertiary/aromatic N) is 1. The lowest BCUT2D eigenvalue weighted by atomic mass is 9.99. The second-order valence-corrected chi connectivity index (χ2v) is 7.48. The number of benzene rings is 1. The Bertz CT molecular complexity index is 575. The van der Waals surface area contributed by atoms with Gasteiger partial charge in [-0.1, -0.05) is 6.07 Å². The van der Waals surface area contributed by atoms with Gasteiger partial charge in [-0.3, -0.25) is 0 Å². The van der Waals surface area contributed by atoms with E-state index in [0.29, 0.717) is 25.3 Å². The molecular formula is C14H21FN2O2S. The van der Waals surface area contributed by atoms with Crippen molar-refractivity contribution in [3.05, 3.63) is 29.6 Å². The van der Waals surface area contributed by atoms with E-state index in [4.69, 9.17) is 0 Å². The summed E-state index contributed by atoms with van der Waals surface area (Å²) in [4.78, 5) is 0. The average Bonchev–Trinajstić information content (AvgIpc) is 2.39. The Morgan fingerprint density at radius 2 is 2.20 bits per heavy atom. The molecule has 1 heterocycles. The van der Waals surface area contributed by atoms with Crippen LogP contribution in [0.2, 0.25) is 0 Å². The Kier molecular flexibility index (Phi) is 4.65. The molecule has 0 aromatic heterocycles. The number of rotatable bonds is 4. The largest absolute Gasteiger partial charge is 0.382 e. The van der Waals surface area contributed by atoms with Crippen molar-refractivity contribution in [2.75, 3.05) is 31.2 Å². The molecule has 1 aromatic carbocycles. The number of hydrogen-bond donors (Lipinski definition) is 1. The van der Waals surface area contributed by atoms with Crippen molar-refractivity contribution in [2.24, 2.45) is 5.92 Å². The van der Waals surface area contributed by atoms with Gasteiger partial charge in [0.25, 0.3) is 0 Å². The van der Waals surface area contributed by atoms with Gasteiger partial charge >= 0.3 is 0 Å². The third-order valence-electron chi connectivity index (χ3n) is 3.65. The van der Waals surface area contributed by atoms with Crippen molar-refractivity contribution >= 4 is 15.7 Å². The molecule has 0 amide bonds. The van der Waals surface area contributed by atoms with Crippen molar-refractivity contribution < 1.29 is 12.8 Å². The Morgan fingerprint density at radius 3 is 2.90 bits per heavy atom.